The molecule has 0 N–H and O–H groups in total. The van der Waals surface area contributed by atoms with Gasteiger partial charge in [0.2, 0.25) is 0 Å². The van der Waals surface area contributed by atoms with Gasteiger partial charge in [-0.1, -0.05) is 72.0 Å². The Hall–Kier alpha value is -2.37. The number of fused-ring (bicyclic) bond motifs is 1. The molecule has 2 aromatic carbocycles. The molecule has 5 heteroatoms. The Balaban J connectivity index is 1.77. The van der Waals surface area contributed by atoms with Crippen molar-refractivity contribution in [3.63, 3.8) is 0 Å². The second kappa shape index (κ2) is 6.74. The van der Waals surface area contributed by atoms with Gasteiger partial charge in [-0.3, -0.25) is 9.69 Å². The van der Waals surface area contributed by atoms with Crippen LogP contribution in [0.2, 0.25) is 0 Å². The van der Waals surface area contributed by atoms with Crippen molar-refractivity contribution in [3.05, 3.63) is 76.3 Å². The molecular formula is C21H18N2OS2. The summed E-state index contributed by atoms with van der Waals surface area (Å²) in [5, 5.41) is 1.14. The van der Waals surface area contributed by atoms with Gasteiger partial charge in [0.15, 0.2) is 0 Å². The number of hydrogen-bond acceptors (Lipinski definition) is 3. The van der Waals surface area contributed by atoms with Crippen LogP contribution >= 0.6 is 24.0 Å². The van der Waals surface area contributed by atoms with Crippen molar-refractivity contribution in [1.82, 2.24) is 9.47 Å². The minimum atomic E-state index is -0.0319. The van der Waals surface area contributed by atoms with Crippen molar-refractivity contribution >= 4 is 51.2 Å². The lowest BCUT2D eigenvalue weighted by Gasteiger charge is -2.06. The normalized spacial score (nSPS) is 16.2. The molecule has 3 nitrogen and oxygen atoms in total. The molecule has 0 spiro atoms. The number of thioether (sulfide) groups is 1. The van der Waals surface area contributed by atoms with Gasteiger partial charge in [-0.05, 0) is 24.6 Å². The molecule has 3 aromatic rings. The van der Waals surface area contributed by atoms with Crippen LogP contribution in [0.4, 0.5) is 0 Å². The van der Waals surface area contributed by atoms with Crippen molar-refractivity contribution in [2.24, 2.45) is 0 Å². The number of carbonyl (C=O) groups is 1. The SMILES string of the molecule is Cc1cccc(Cn2cc(/C=C3\SC(=S)N(C)C3=O)c3ccccc32)c1. The van der Waals surface area contributed by atoms with E-state index in [1.54, 1.807) is 7.05 Å². The lowest BCUT2D eigenvalue weighted by Crippen LogP contribution is -2.22. The van der Waals surface area contributed by atoms with Crippen LogP contribution in [0, 0.1) is 6.92 Å². The number of likely N-dealkylation sites (N-methyl/N-ethyl adjacent to an activating group) is 1. The third-order valence-corrected chi connectivity index (χ3v) is 6.01. The van der Waals surface area contributed by atoms with E-state index in [0.717, 1.165) is 23.0 Å². The summed E-state index contributed by atoms with van der Waals surface area (Å²) in [5.41, 5.74) is 4.72. The Morgan fingerprint density at radius 3 is 2.69 bits per heavy atom. The Bertz CT molecular complexity index is 1060. The van der Waals surface area contributed by atoms with E-state index in [2.05, 4.69) is 54.1 Å². The summed E-state index contributed by atoms with van der Waals surface area (Å²) in [6.45, 7) is 2.90. The Kier molecular flexibility index (Phi) is 4.42. The molecule has 0 unspecified atom stereocenters. The van der Waals surface area contributed by atoms with Gasteiger partial charge in [-0.15, -0.1) is 0 Å². The van der Waals surface area contributed by atoms with E-state index < -0.39 is 0 Å². The third-order valence-electron chi connectivity index (χ3n) is 4.53. The second-order valence-corrected chi connectivity index (χ2v) is 8.14. The number of aryl methyl sites for hydroxylation is 1. The minimum Gasteiger partial charge on any atom is -0.342 e. The molecule has 1 fully saturated rings. The third kappa shape index (κ3) is 3.08. The minimum absolute atomic E-state index is 0.0319. The fourth-order valence-corrected chi connectivity index (χ4v) is 4.39. The van der Waals surface area contributed by atoms with Crippen LogP contribution in [0.25, 0.3) is 17.0 Å². The first-order valence-corrected chi connectivity index (χ1v) is 9.60. The van der Waals surface area contributed by atoms with Gasteiger partial charge in [-0.2, -0.15) is 0 Å². The number of thiocarbonyl (C=S) groups is 1. The molecule has 1 saturated heterocycles. The van der Waals surface area contributed by atoms with Crippen LogP contribution in [-0.2, 0) is 11.3 Å². The average molecular weight is 379 g/mol. The van der Waals surface area contributed by atoms with Gasteiger partial charge < -0.3 is 4.57 Å². The van der Waals surface area contributed by atoms with Crippen molar-refractivity contribution < 1.29 is 4.79 Å². The molecular weight excluding hydrogens is 360 g/mol. The highest BCUT2D eigenvalue weighted by Crippen LogP contribution is 2.33. The number of para-hydroxylation sites is 1. The van der Waals surface area contributed by atoms with E-state index in [1.165, 1.54) is 27.8 Å². The summed E-state index contributed by atoms with van der Waals surface area (Å²) in [7, 11) is 1.72. The van der Waals surface area contributed by atoms with Gasteiger partial charge in [-0.25, -0.2) is 0 Å². The zero-order chi connectivity index (χ0) is 18.3. The fraction of sp³-hybridized carbons (Fsp3) is 0.143. The van der Waals surface area contributed by atoms with E-state index in [0.29, 0.717) is 9.23 Å². The average Bonchev–Trinajstić information content (AvgIpc) is 3.08. The molecule has 1 aliphatic heterocycles. The predicted octanol–water partition coefficient (Wildman–Crippen LogP) is 4.83. The quantitative estimate of drug-likeness (QED) is 0.482. The van der Waals surface area contributed by atoms with Crippen molar-refractivity contribution in [1.29, 1.82) is 0 Å². The highest BCUT2D eigenvalue weighted by atomic mass is 32.2. The standard InChI is InChI=1S/C21H18N2OS2/c1-14-6-5-7-15(10-14)12-23-13-16(17-8-3-4-9-18(17)23)11-19-20(24)22(2)21(25)26-19/h3-11,13H,12H2,1-2H3/b19-11-. The molecule has 26 heavy (non-hydrogen) atoms. The zero-order valence-corrected chi connectivity index (χ0v) is 16.2. The van der Waals surface area contributed by atoms with Gasteiger partial charge in [0, 0.05) is 36.3 Å². The maximum Gasteiger partial charge on any atom is 0.265 e. The monoisotopic (exact) mass is 378 g/mol. The fourth-order valence-electron chi connectivity index (χ4n) is 3.22. The molecule has 1 aliphatic rings. The smallest absolute Gasteiger partial charge is 0.265 e. The van der Waals surface area contributed by atoms with Crippen LogP contribution in [0.1, 0.15) is 16.7 Å². The zero-order valence-electron chi connectivity index (χ0n) is 14.6. The van der Waals surface area contributed by atoms with Crippen molar-refractivity contribution in [3.8, 4) is 0 Å². The highest BCUT2D eigenvalue weighted by molar-refractivity contribution is 8.26. The van der Waals surface area contributed by atoms with Gasteiger partial charge in [0.25, 0.3) is 5.91 Å². The number of hydrogen-bond donors (Lipinski definition) is 0. The number of aromatic nitrogens is 1. The topological polar surface area (TPSA) is 25.2 Å². The van der Waals surface area contributed by atoms with Gasteiger partial charge in [0.1, 0.15) is 4.32 Å². The van der Waals surface area contributed by atoms with Gasteiger partial charge >= 0.3 is 0 Å². The molecule has 130 valence electrons. The second-order valence-electron chi connectivity index (χ2n) is 6.46. The van der Waals surface area contributed by atoms with Gasteiger partial charge in [0.05, 0.1) is 4.91 Å². The molecule has 1 aromatic heterocycles. The first-order chi connectivity index (χ1) is 12.5. The van der Waals surface area contributed by atoms with Crippen LogP contribution in [0.5, 0.6) is 0 Å². The molecule has 0 bridgehead atoms. The van der Waals surface area contributed by atoms with E-state index in [-0.39, 0.29) is 5.91 Å². The highest BCUT2D eigenvalue weighted by Gasteiger charge is 2.29. The Labute approximate surface area is 162 Å². The van der Waals surface area contributed by atoms with E-state index >= 15 is 0 Å². The first-order valence-electron chi connectivity index (χ1n) is 8.38. The number of benzene rings is 2. The maximum atomic E-state index is 12.3. The molecule has 0 atom stereocenters. The summed E-state index contributed by atoms with van der Waals surface area (Å²) in [4.78, 5) is 14.5. The van der Waals surface area contributed by atoms with Crippen molar-refractivity contribution in [2.45, 2.75) is 13.5 Å². The lowest BCUT2D eigenvalue weighted by atomic mass is 10.1. The summed E-state index contributed by atoms with van der Waals surface area (Å²) in [6.07, 6.45) is 4.08. The lowest BCUT2D eigenvalue weighted by molar-refractivity contribution is -0.121. The van der Waals surface area contributed by atoms with E-state index in [9.17, 15) is 4.79 Å². The summed E-state index contributed by atoms with van der Waals surface area (Å²) >= 11 is 6.59. The molecule has 1 amide bonds. The molecule has 0 radical (unpaired) electrons. The summed E-state index contributed by atoms with van der Waals surface area (Å²) in [6, 6.07) is 16.8. The summed E-state index contributed by atoms with van der Waals surface area (Å²) in [5.74, 6) is -0.0319. The number of rotatable bonds is 3. The molecule has 0 saturated carbocycles. The maximum absolute atomic E-state index is 12.3. The van der Waals surface area contributed by atoms with Crippen LogP contribution in [-0.4, -0.2) is 26.7 Å². The van der Waals surface area contributed by atoms with Crippen LogP contribution in [0.3, 0.4) is 0 Å². The summed E-state index contributed by atoms with van der Waals surface area (Å²) < 4.78 is 2.84. The predicted molar refractivity (Wildman–Crippen MR) is 113 cm³/mol. The van der Waals surface area contributed by atoms with Crippen molar-refractivity contribution in [2.75, 3.05) is 7.05 Å². The number of carbonyl (C=O) groups excluding carboxylic acids is 1. The molecule has 2 heterocycles. The Morgan fingerprint density at radius 2 is 1.96 bits per heavy atom. The van der Waals surface area contributed by atoms with Crippen LogP contribution in [0.15, 0.2) is 59.6 Å². The van der Waals surface area contributed by atoms with Crippen LogP contribution < -0.4 is 0 Å². The first kappa shape index (κ1) is 17.1. The number of nitrogens with zero attached hydrogens (tertiary/aromatic N) is 2. The number of amides is 1. The molecule has 4 rings (SSSR count). The largest absolute Gasteiger partial charge is 0.342 e. The molecule has 0 aliphatic carbocycles. The Morgan fingerprint density at radius 1 is 1.15 bits per heavy atom. The van der Waals surface area contributed by atoms with E-state index in [1.807, 2.05) is 18.2 Å². The van der Waals surface area contributed by atoms with E-state index in [4.69, 9.17) is 12.2 Å².